The zero-order chi connectivity index (χ0) is 37.3. The number of benzene rings is 9. The molecule has 0 bridgehead atoms. The first-order chi connectivity index (χ1) is 27.7. The monoisotopic (exact) mass is 712 g/mol. The first kappa shape index (κ1) is 33.2. The van der Waals surface area contributed by atoms with Crippen molar-refractivity contribution in [3.05, 3.63) is 218 Å². The van der Waals surface area contributed by atoms with Crippen LogP contribution >= 0.6 is 0 Å². The zero-order valence-corrected chi connectivity index (χ0v) is 30.7. The van der Waals surface area contributed by atoms with E-state index in [1.807, 2.05) is 0 Å². The summed E-state index contributed by atoms with van der Waals surface area (Å²) in [6, 6.07) is 77.6. The van der Waals surface area contributed by atoms with Gasteiger partial charge in [-0.3, -0.25) is 0 Å². The Morgan fingerprint density at radius 3 is 1.18 bits per heavy atom. The maximum absolute atomic E-state index is 5.33. The van der Waals surface area contributed by atoms with E-state index < -0.39 is 0 Å². The van der Waals surface area contributed by atoms with Crippen molar-refractivity contribution in [2.24, 2.45) is 0 Å². The zero-order valence-electron chi connectivity index (χ0n) is 30.7. The number of aromatic nitrogens is 2. The molecule has 0 aliphatic heterocycles. The van der Waals surface area contributed by atoms with Gasteiger partial charge in [0.1, 0.15) is 0 Å². The van der Waals surface area contributed by atoms with Gasteiger partial charge in [0.05, 0.1) is 11.2 Å². The third-order valence-corrected chi connectivity index (χ3v) is 10.7. The fraction of sp³-hybridized carbons (Fsp3) is 0. The van der Waals surface area contributed by atoms with E-state index in [-0.39, 0.29) is 0 Å². The molecule has 1 aromatic heterocycles. The molecule has 0 saturated heterocycles. The van der Waals surface area contributed by atoms with E-state index in [2.05, 4.69) is 218 Å². The smallest absolute Gasteiger partial charge is 0.160 e. The molecule has 0 amide bonds. The Morgan fingerprint density at radius 2 is 0.643 bits per heavy atom. The molecule has 0 spiro atoms. The first-order valence-electron chi connectivity index (χ1n) is 19.1. The van der Waals surface area contributed by atoms with E-state index in [4.69, 9.17) is 9.97 Å². The van der Waals surface area contributed by atoms with E-state index in [9.17, 15) is 0 Å². The topological polar surface area (TPSA) is 25.8 Å². The van der Waals surface area contributed by atoms with E-state index in [1.165, 1.54) is 44.3 Å². The van der Waals surface area contributed by atoms with Crippen LogP contribution in [-0.4, -0.2) is 9.97 Å². The van der Waals surface area contributed by atoms with Crippen LogP contribution in [0.2, 0.25) is 0 Å². The fourth-order valence-electron chi connectivity index (χ4n) is 7.79. The molecule has 0 radical (unpaired) electrons. The first-order valence-corrected chi connectivity index (χ1v) is 19.1. The highest BCUT2D eigenvalue weighted by molar-refractivity contribution is 6.12. The number of nitrogens with zero attached hydrogens (tertiary/aromatic N) is 2. The van der Waals surface area contributed by atoms with Crippen LogP contribution in [0.25, 0.3) is 100.0 Å². The molecule has 10 rings (SSSR count). The number of rotatable bonds is 7. The van der Waals surface area contributed by atoms with Crippen molar-refractivity contribution in [3.63, 3.8) is 0 Å². The summed E-state index contributed by atoms with van der Waals surface area (Å²) >= 11 is 0. The summed E-state index contributed by atoms with van der Waals surface area (Å²) in [7, 11) is 0. The van der Waals surface area contributed by atoms with Crippen LogP contribution in [0.1, 0.15) is 0 Å². The predicted molar refractivity (Wildman–Crippen MR) is 235 cm³/mol. The summed E-state index contributed by atoms with van der Waals surface area (Å²) in [5.41, 5.74) is 15.8. The standard InChI is InChI=1S/C54H36N2/c1-3-13-37(14-4-1)42-18-9-21-45(33-42)47-23-11-24-48(35-47)46-22-10-19-43(34-46)39-27-29-41(30-28-39)54-55-51-32-31-40-17-7-8-26-50(40)52(51)53(56-54)49-25-12-20-44(36-49)38-15-5-2-6-16-38/h1-36H. The highest BCUT2D eigenvalue weighted by atomic mass is 14.9. The molecule has 0 fully saturated rings. The molecule has 262 valence electrons. The second-order valence-electron chi connectivity index (χ2n) is 14.2. The minimum Gasteiger partial charge on any atom is -0.228 e. The second-order valence-corrected chi connectivity index (χ2v) is 14.2. The third-order valence-electron chi connectivity index (χ3n) is 10.7. The predicted octanol–water partition coefficient (Wildman–Crippen LogP) is 14.5. The maximum Gasteiger partial charge on any atom is 0.160 e. The molecular formula is C54H36N2. The molecule has 10 aromatic rings. The molecule has 2 heteroatoms. The molecule has 1 heterocycles. The lowest BCUT2D eigenvalue weighted by atomic mass is 9.94. The SMILES string of the molecule is c1ccc(-c2cccc(-c3cccc(-c4cccc(-c5ccc(-c6nc(-c7cccc(-c8ccccc8)c7)c7c(ccc8ccccc87)n6)cc5)c4)c3)c2)cc1. The van der Waals surface area contributed by atoms with Crippen molar-refractivity contribution in [1.29, 1.82) is 0 Å². The van der Waals surface area contributed by atoms with Gasteiger partial charge in [0.15, 0.2) is 5.82 Å². The van der Waals surface area contributed by atoms with Gasteiger partial charge < -0.3 is 0 Å². The lowest BCUT2D eigenvalue weighted by Crippen LogP contribution is -1.96. The van der Waals surface area contributed by atoms with Crippen LogP contribution in [0, 0.1) is 0 Å². The van der Waals surface area contributed by atoms with Crippen LogP contribution in [0.5, 0.6) is 0 Å². The molecular weight excluding hydrogens is 677 g/mol. The van der Waals surface area contributed by atoms with Gasteiger partial charge in [-0.05, 0) is 96.7 Å². The van der Waals surface area contributed by atoms with E-state index in [1.54, 1.807) is 0 Å². The molecule has 0 atom stereocenters. The summed E-state index contributed by atoms with van der Waals surface area (Å²) in [6.45, 7) is 0. The molecule has 9 aromatic carbocycles. The summed E-state index contributed by atoms with van der Waals surface area (Å²) in [4.78, 5) is 10.5. The fourth-order valence-corrected chi connectivity index (χ4v) is 7.79. The minimum atomic E-state index is 0.710. The van der Waals surface area contributed by atoms with Gasteiger partial charge in [-0.15, -0.1) is 0 Å². The highest BCUT2D eigenvalue weighted by Crippen LogP contribution is 2.37. The lowest BCUT2D eigenvalue weighted by molar-refractivity contribution is 1.23. The van der Waals surface area contributed by atoms with Crippen molar-refractivity contribution in [3.8, 4) is 78.3 Å². The molecule has 0 aliphatic carbocycles. The summed E-state index contributed by atoms with van der Waals surface area (Å²) < 4.78 is 0. The number of hydrogen-bond donors (Lipinski definition) is 0. The molecule has 0 unspecified atom stereocenters. The Kier molecular flexibility index (Phi) is 8.55. The lowest BCUT2D eigenvalue weighted by Gasteiger charge is -2.13. The summed E-state index contributed by atoms with van der Waals surface area (Å²) in [6.07, 6.45) is 0. The molecule has 0 aliphatic rings. The van der Waals surface area contributed by atoms with Gasteiger partial charge in [-0.1, -0.05) is 188 Å². The Bertz CT molecular complexity index is 3000. The third kappa shape index (κ3) is 6.44. The van der Waals surface area contributed by atoms with Gasteiger partial charge >= 0.3 is 0 Å². The van der Waals surface area contributed by atoms with Crippen molar-refractivity contribution >= 4 is 21.7 Å². The molecule has 56 heavy (non-hydrogen) atoms. The van der Waals surface area contributed by atoms with Crippen LogP contribution in [0.4, 0.5) is 0 Å². The second kappa shape index (κ2) is 14.4. The maximum atomic E-state index is 5.33. The van der Waals surface area contributed by atoms with E-state index in [0.717, 1.165) is 49.8 Å². The Balaban J connectivity index is 0.994. The van der Waals surface area contributed by atoms with Gasteiger partial charge in [0.2, 0.25) is 0 Å². The summed E-state index contributed by atoms with van der Waals surface area (Å²) in [5.74, 6) is 0.710. The molecule has 0 saturated carbocycles. The minimum absolute atomic E-state index is 0.710. The Labute approximate surface area is 327 Å². The molecule has 0 N–H and O–H groups in total. The van der Waals surface area contributed by atoms with Gasteiger partial charge in [0.25, 0.3) is 0 Å². The van der Waals surface area contributed by atoms with Crippen LogP contribution in [0.15, 0.2) is 218 Å². The van der Waals surface area contributed by atoms with Crippen molar-refractivity contribution in [2.45, 2.75) is 0 Å². The molecule has 2 nitrogen and oxygen atoms in total. The van der Waals surface area contributed by atoms with E-state index in [0.29, 0.717) is 5.82 Å². The average molecular weight is 713 g/mol. The highest BCUT2D eigenvalue weighted by Gasteiger charge is 2.16. The Hall–Kier alpha value is -7.42. The van der Waals surface area contributed by atoms with Crippen LogP contribution in [0.3, 0.4) is 0 Å². The van der Waals surface area contributed by atoms with Crippen LogP contribution < -0.4 is 0 Å². The number of hydrogen-bond acceptors (Lipinski definition) is 2. The largest absolute Gasteiger partial charge is 0.228 e. The quantitative estimate of drug-likeness (QED) is 0.154. The summed E-state index contributed by atoms with van der Waals surface area (Å²) in [5, 5.41) is 3.39. The van der Waals surface area contributed by atoms with Gasteiger partial charge in [0, 0.05) is 16.5 Å². The van der Waals surface area contributed by atoms with Gasteiger partial charge in [-0.25, -0.2) is 9.97 Å². The van der Waals surface area contributed by atoms with Crippen molar-refractivity contribution < 1.29 is 0 Å². The number of fused-ring (bicyclic) bond motifs is 3. The van der Waals surface area contributed by atoms with Crippen LogP contribution in [-0.2, 0) is 0 Å². The Morgan fingerprint density at radius 1 is 0.250 bits per heavy atom. The average Bonchev–Trinajstić information content (AvgIpc) is 3.29. The van der Waals surface area contributed by atoms with E-state index >= 15 is 0 Å². The van der Waals surface area contributed by atoms with Gasteiger partial charge in [-0.2, -0.15) is 0 Å². The normalized spacial score (nSPS) is 11.2. The van der Waals surface area contributed by atoms with Crippen molar-refractivity contribution in [1.82, 2.24) is 9.97 Å². The van der Waals surface area contributed by atoms with Crippen molar-refractivity contribution in [2.75, 3.05) is 0 Å².